The van der Waals surface area contributed by atoms with Crippen molar-refractivity contribution in [2.45, 2.75) is 19.3 Å². The van der Waals surface area contributed by atoms with Crippen molar-refractivity contribution < 1.29 is 8.78 Å². The van der Waals surface area contributed by atoms with Gasteiger partial charge in [-0.1, -0.05) is 42.5 Å². The lowest BCUT2D eigenvalue weighted by molar-refractivity contribution is 0.498. The van der Waals surface area contributed by atoms with Crippen LogP contribution in [-0.4, -0.2) is 14.6 Å². The van der Waals surface area contributed by atoms with E-state index in [1.807, 2.05) is 36.4 Å². The molecule has 6 heteroatoms. The molecular formula is C21H17F2N3O. The first-order chi connectivity index (χ1) is 13.1. The Hall–Kier alpha value is -3.28. The van der Waals surface area contributed by atoms with E-state index in [0.717, 1.165) is 17.3 Å². The molecule has 2 aromatic heterocycles. The quantitative estimate of drug-likeness (QED) is 0.587. The summed E-state index contributed by atoms with van der Waals surface area (Å²) in [7, 11) is 0. The van der Waals surface area contributed by atoms with Crippen molar-refractivity contribution in [1.29, 1.82) is 0 Å². The van der Waals surface area contributed by atoms with Crippen molar-refractivity contribution >= 4 is 5.65 Å². The summed E-state index contributed by atoms with van der Waals surface area (Å²) in [6.07, 6.45) is 1.28. The van der Waals surface area contributed by atoms with Crippen LogP contribution in [0.3, 0.4) is 0 Å². The van der Waals surface area contributed by atoms with Gasteiger partial charge in [0.1, 0.15) is 0 Å². The van der Waals surface area contributed by atoms with E-state index in [1.165, 1.54) is 22.7 Å². The second-order valence-electron chi connectivity index (χ2n) is 6.44. The summed E-state index contributed by atoms with van der Waals surface area (Å²) in [4.78, 5) is 16.8. The van der Waals surface area contributed by atoms with Gasteiger partial charge in [0.15, 0.2) is 17.3 Å². The molecule has 0 spiro atoms. The molecule has 0 amide bonds. The minimum Gasteiger partial charge on any atom is -0.293 e. The fourth-order valence-electron chi connectivity index (χ4n) is 3.13. The smallest absolute Gasteiger partial charge is 0.272 e. The number of H-pyrrole nitrogens is 1. The summed E-state index contributed by atoms with van der Waals surface area (Å²) < 4.78 is 28.5. The highest BCUT2D eigenvalue weighted by molar-refractivity contribution is 5.41. The largest absolute Gasteiger partial charge is 0.293 e. The molecule has 0 aliphatic carbocycles. The lowest BCUT2D eigenvalue weighted by Crippen LogP contribution is -2.16. The third kappa shape index (κ3) is 3.65. The van der Waals surface area contributed by atoms with Gasteiger partial charge in [-0.05, 0) is 30.0 Å². The van der Waals surface area contributed by atoms with Crippen molar-refractivity contribution in [1.82, 2.24) is 14.6 Å². The average Bonchev–Trinajstić information content (AvgIpc) is 3.07. The van der Waals surface area contributed by atoms with Crippen LogP contribution in [-0.2, 0) is 19.3 Å². The molecule has 0 atom stereocenters. The number of nitrogens with zero attached hydrogens (tertiary/aromatic N) is 2. The van der Waals surface area contributed by atoms with E-state index in [-0.39, 0.29) is 17.5 Å². The van der Waals surface area contributed by atoms with Crippen LogP contribution in [0.1, 0.15) is 22.5 Å². The van der Waals surface area contributed by atoms with Crippen LogP contribution in [0.4, 0.5) is 8.78 Å². The maximum atomic E-state index is 13.8. The molecule has 0 radical (unpaired) electrons. The second kappa shape index (κ2) is 7.15. The number of aryl methyl sites for hydroxylation is 2. The molecule has 0 saturated carbocycles. The van der Waals surface area contributed by atoms with Crippen molar-refractivity contribution in [3.05, 3.63) is 105 Å². The van der Waals surface area contributed by atoms with Gasteiger partial charge in [0, 0.05) is 29.9 Å². The molecule has 4 aromatic rings. The lowest BCUT2D eigenvalue weighted by Gasteiger charge is -2.04. The Kier molecular flexibility index (Phi) is 4.54. The Morgan fingerprint density at radius 2 is 1.78 bits per heavy atom. The third-order valence-electron chi connectivity index (χ3n) is 4.48. The molecule has 4 nitrogen and oxygen atoms in total. The van der Waals surface area contributed by atoms with E-state index in [1.54, 1.807) is 0 Å². The van der Waals surface area contributed by atoms with Gasteiger partial charge in [-0.3, -0.25) is 9.89 Å². The summed E-state index contributed by atoms with van der Waals surface area (Å²) in [5.41, 5.74) is 3.11. The number of hydrogen-bond donors (Lipinski definition) is 1. The molecule has 136 valence electrons. The topological polar surface area (TPSA) is 50.2 Å². The minimum atomic E-state index is -0.868. The van der Waals surface area contributed by atoms with Gasteiger partial charge in [-0.25, -0.2) is 18.3 Å². The molecule has 2 aromatic carbocycles. The molecular weight excluding hydrogens is 348 g/mol. The Bertz CT molecular complexity index is 1150. The predicted molar refractivity (Wildman–Crippen MR) is 98.8 cm³/mol. The fraction of sp³-hybridized carbons (Fsp3) is 0.143. The highest BCUT2D eigenvalue weighted by Crippen LogP contribution is 2.14. The van der Waals surface area contributed by atoms with E-state index < -0.39 is 11.6 Å². The van der Waals surface area contributed by atoms with E-state index in [2.05, 4.69) is 10.1 Å². The number of hydrogen-bond acceptors (Lipinski definition) is 2. The van der Waals surface area contributed by atoms with E-state index in [0.29, 0.717) is 24.2 Å². The first kappa shape index (κ1) is 17.1. The standard InChI is InChI=1S/C21H17F2N3O/c22-18-8-4-7-15(21(18)23)9-10-16-13-20(27)26-19(24-16)12-17(25-26)11-14-5-2-1-3-6-14/h1-8,12-13,25H,9-11H2. The van der Waals surface area contributed by atoms with Crippen LogP contribution in [0, 0.1) is 11.6 Å². The lowest BCUT2D eigenvalue weighted by atomic mass is 10.1. The molecule has 1 N–H and O–H groups in total. The number of rotatable bonds is 5. The second-order valence-corrected chi connectivity index (χ2v) is 6.44. The Labute approximate surface area is 154 Å². The molecule has 0 bridgehead atoms. The van der Waals surface area contributed by atoms with Crippen molar-refractivity contribution in [2.24, 2.45) is 0 Å². The minimum absolute atomic E-state index is 0.228. The van der Waals surface area contributed by atoms with Gasteiger partial charge >= 0.3 is 0 Å². The number of halogens is 2. The van der Waals surface area contributed by atoms with E-state index in [4.69, 9.17) is 0 Å². The molecule has 0 unspecified atom stereocenters. The average molecular weight is 365 g/mol. The summed E-state index contributed by atoms with van der Waals surface area (Å²) >= 11 is 0. The molecule has 27 heavy (non-hydrogen) atoms. The van der Waals surface area contributed by atoms with Gasteiger partial charge in [0.2, 0.25) is 0 Å². The summed E-state index contributed by atoms with van der Waals surface area (Å²) in [6, 6.07) is 17.3. The normalized spacial score (nSPS) is 11.2. The van der Waals surface area contributed by atoms with E-state index in [9.17, 15) is 13.6 Å². The zero-order valence-corrected chi connectivity index (χ0v) is 14.5. The molecule has 0 saturated heterocycles. The number of benzene rings is 2. The summed E-state index contributed by atoms with van der Waals surface area (Å²) in [5.74, 6) is -1.71. The highest BCUT2D eigenvalue weighted by Gasteiger charge is 2.10. The zero-order chi connectivity index (χ0) is 18.8. The molecule has 0 aliphatic rings. The molecule has 0 fully saturated rings. The summed E-state index contributed by atoms with van der Waals surface area (Å²) in [6.45, 7) is 0. The van der Waals surface area contributed by atoms with Gasteiger partial charge in [-0.15, -0.1) is 0 Å². The van der Waals surface area contributed by atoms with Gasteiger partial charge in [0.25, 0.3) is 5.56 Å². The monoisotopic (exact) mass is 365 g/mol. The van der Waals surface area contributed by atoms with Crippen LogP contribution in [0.25, 0.3) is 5.65 Å². The van der Waals surface area contributed by atoms with Crippen molar-refractivity contribution in [3.8, 4) is 0 Å². The van der Waals surface area contributed by atoms with Crippen LogP contribution < -0.4 is 5.56 Å². The first-order valence-electron chi connectivity index (χ1n) is 8.67. The maximum absolute atomic E-state index is 13.8. The first-order valence-corrected chi connectivity index (χ1v) is 8.67. The van der Waals surface area contributed by atoms with Crippen molar-refractivity contribution in [3.63, 3.8) is 0 Å². The molecule has 2 heterocycles. The number of aromatic nitrogens is 3. The van der Waals surface area contributed by atoms with Crippen LogP contribution in [0.5, 0.6) is 0 Å². The number of fused-ring (bicyclic) bond motifs is 1. The molecule has 0 aliphatic heterocycles. The zero-order valence-electron chi connectivity index (χ0n) is 14.5. The third-order valence-corrected chi connectivity index (χ3v) is 4.48. The number of nitrogens with one attached hydrogen (secondary N) is 1. The van der Waals surface area contributed by atoms with Gasteiger partial charge < -0.3 is 0 Å². The Morgan fingerprint density at radius 3 is 2.59 bits per heavy atom. The van der Waals surface area contributed by atoms with Gasteiger partial charge in [-0.2, -0.15) is 0 Å². The SMILES string of the molecule is O=c1cc(CCc2cccc(F)c2F)nc2cc(Cc3ccccc3)[nH]n12. The Morgan fingerprint density at radius 1 is 0.963 bits per heavy atom. The van der Waals surface area contributed by atoms with Crippen LogP contribution in [0.2, 0.25) is 0 Å². The fourth-order valence-corrected chi connectivity index (χ4v) is 3.13. The van der Waals surface area contributed by atoms with E-state index >= 15 is 0 Å². The van der Waals surface area contributed by atoms with Crippen LogP contribution >= 0.6 is 0 Å². The predicted octanol–water partition coefficient (Wildman–Crippen LogP) is 3.68. The summed E-state index contributed by atoms with van der Waals surface area (Å²) in [5, 5.41) is 3.06. The van der Waals surface area contributed by atoms with Crippen LogP contribution in [0.15, 0.2) is 65.5 Å². The van der Waals surface area contributed by atoms with Crippen molar-refractivity contribution in [2.75, 3.05) is 0 Å². The maximum Gasteiger partial charge on any atom is 0.272 e. The highest BCUT2D eigenvalue weighted by atomic mass is 19.2. The number of aromatic amines is 1. The molecule has 4 rings (SSSR count). The van der Waals surface area contributed by atoms with Gasteiger partial charge in [0.05, 0.1) is 0 Å². The Balaban J connectivity index is 1.58.